The number of nitrogens with zero attached hydrogens (tertiary/aromatic N) is 1. The van der Waals surface area contributed by atoms with E-state index in [0.29, 0.717) is 17.4 Å². The number of carbonyl (C=O) groups is 1. The lowest BCUT2D eigenvalue weighted by molar-refractivity contribution is -0.121. The molecule has 104 valence electrons. The molecule has 0 saturated heterocycles. The molecule has 1 aromatic rings. The lowest BCUT2D eigenvalue weighted by Gasteiger charge is -2.29. The number of carbonyl (C=O) groups excluding carboxylic acids is 1. The third-order valence-corrected chi connectivity index (χ3v) is 3.93. The van der Waals surface area contributed by atoms with Gasteiger partial charge in [0.1, 0.15) is 5.82 Å². The summed E-state index contributed by atoms with van der Waals surface area (Å²) >= 11 is 0. The first-order valence-corrected chi connectivity index (χ1v) is 6.84. The number of pyridine rings is 1. The highest BCUT2D eigenvalue weighted by Gasteiger charge is 2.27. The molecule has 1 aromatic heterocycles. The Labute approximate surface area is 113 Å². The summed E-state index contributed by atoms with van der Waals surface area (Å²) in [5, 5.41) is 2.91. The zero-order valence-corrected chi connectivity index (χ0v) is 11.3. The molecule has 5 N–H and O–H groups in total. The fourth-order valence-electron chi connectivity index (χ4n) is 2.68. The van der Waals surface area contributed by atoms with Crippen LogP contribution in [0.4, 0.5) is 11.5 Å². The second-order valence-electron chi connectivity index (χ2n) is 5.43. The molecule has 1 heterocycles. The minimum atomic E-state index is 0.0775. The lowest BCUT2D eigenvalue weighted by atomic mass is 9.79. The molecule has 19 heavy (non-hydrogen) atoms. The van der Waals surface area contributed by atoms with E-state index in [-0.39, 0.29) is 17.9 Å². The van der Waals surface area contributed by atoms with E-state index in [1.807, 2.05) is 6.92 Å². The van der Waals surface area contributed by atoms with Crippen LogP contribution in [0.2, 0.25) is 0 Å². The van der Waals surface area contributed by atoms with Crippen molar-refractivity contribution in [1.82, 2.24) is 4.98 Å². The summed E-state index contributed by atoms with van der Waals surface area (Å²) in [4.78, 5) is 16.1. The Morgan fingerprint density at radius 1 is 1.42 bits per heavy atom. The fraction of sp³-hybridized carbons (Fsp3) is 0.571. The van der Waals surface area contributed by atoms with Crippen molar-refractivity contribution in [3.8, 4) is 0 Å². The Morgan fingerprint density at radius 3 is 2.68 bits per heavy atom. The summed E-state index contributed by atoms with van der Waals surface area (Å²) in [6.45, 7) is 2.05. The topological polar surface area (TPSA) is 94.0 Å². The van der Waals surface area contributed by atoms with Crippen LogP contribution >= 0.6 is 0 Å². The van der Waals surface area contributed by atoms with E-state index in [2.05, 4.69) is 10.3 Å². The van der Waals surface area contributed by atoms with Gasteiger partial charge in [0.15, 0.2) is 0 Å². The summed E-state index contributed by atoms with van der Waals surface area (Å²) in [6, 6.07) is 3.65. The maximum absolute atomic E-state index is 12.2. The van der Waals surface area contributed by atoms with Gasteiger partial charge < -0.3 is 16.8 Å². The van der Waals surface area contributed by atoms with Crippen LogP contribution in [-0.4, -0.2) is 16.9 Å². The smallest absolute Gasteiger partial charge is 0.227 e. The van der Waals surface area contributed by atoms with Crippen molar-refractivity contribution < 1.29 is 4.79 Å². The molecular weight excluding hydrogens is 240 g/mol. The van der Waals surface area contributed by atoms with E-state index in [1.165, 1.54) is 0 Å². The number of nitrogens with two attached hydrogens (primary N) is 2. The van der Waals surface area contributed by atoms with E-state index in [4.69, 9.17) is 11.5 Å². The highest BCUT2D eigenvalue weighted by atomic mass is 16.1. The second-order valence-corrected chi connectivity index (χ2v) is 5.43. The number of nitrogens with one attached hydrogen (secondary N) is 1. The van der Waals surface area contributed by atoms with Crippen LogP contribution in [0.15, 0.2) is 18.3 Å². The second kappa shape index (κ2) is 6.02. The maximum Gasteiger partial charge on any atom is 0.227 e. The van der Waals surface area contributed by atoms with E-state index < -0.39 is 0 Å². The monoisotopic (exact) mass is 262 g/mol. The predicted molar refractivity (Wildman–Crippen MR) is 76.4 cm³/mol. The molecule has 0 bridgehead atoms. The van der Waals surface area contributed by atoms with Gasteiger partial charge in [-0.3, -0.25) is 4.79 Å². The van der Waals surface area contributed by atoms with Gasteiger partial charge in [0.25, 0.3) is 0 Å². The Bertz CT molecular complexity index is 439. The molecule has 0 radical (unpaired) electrons. The third kappa shape index (κ3) is 3.67. The van der Waals surface area contributed by atoms with Gasteiger partial charge >= 0.3 is 0 Å². The molecule has 1 amide bonds. The number of rotatable bonds is 3. The van der Waals surface area contributed by atoms with Gasteiger partial charge in [-0.25, -0.2) is 4.98 Å². The fourth-order valence-corrected chi connectivity index (χ4v) is 2.68. The Balaban J connectivity index is 1.88. The average Bonchev–Trinajstić information content (AvgIpc) is 2.39. The quantitative estimate of drug-likeness (QED) is 0.773. The van der Waals surface area contributed by atoms with Gasteiger partial charge in [0, 0.05) is 29.9 Å². The molecule has 1 unspecified atom stereocenters. The van der Waals surface area contributed by atoms with E-state index in [0.717, 1.165) is 25.7 Å². The Hall–Kier alpha value is -1.62. The summed E-state index contributed by atoms with van der Waals surface area (Å²) in [5.41, 5.74) is 12.2. The van der Waals surface area contributed by atoms with E-state index >= 15 is 0 Å². The molecule has 2 rings (SSSR count). The number of amides is 1. The molecule has 1 atom stereocenters. The van der Waals surface area contributed by atoms with Crippen LogP contribution in [0, 0.1) is 11.8 Å². The normalized spacial score (nSPS) is 24.7. The van der Waals surface area contributed by atoms with Crippen LogP contribution in [-0.2, 0) is 4.79 Å². The molecule has 1 saturated carbocycles. The standard InChI is InChI=1S/C14H22N4O/c1-9(15)10-2-4-11(5-3-10)14(19)18-12-6-7-17-13(16)8-12/h6-11H,2-5,15H2,1H3,(H3,16,17,18,19). The van der Waals surface area contributed by atoms with Crippen LogP contribution in [0.3, 0.4) is 0 Å². The summed E-state index contributed by atoms with van der Waals surface area (Å²) in [7, 11) is 0. The van der Waals surface area contributed by atoms with Crippen molar-refractivity contribution in [2.45, 2.75) is 38.6 Å². The first-order chi connectivity index (χ1) is 9.06. The van der Waals surface area contributed by atoms with Crippen molar-refractivity contribution in [2.24, 2.45) is 17.6 Å². The van der Waals surface area contributed by atoms with E-state index in [9.17, 15) is 4.79 Å². The summed E-state index contributed by atoms with van der Waals surface area (Å²) in [6.07, 6.45) is 5.50. The molecule has 0 aliphatic heterocycles. The Kier molecular flexibility index (Phi) is 4.37. The van der Waals surface area contributed by atoms with Gasteiger partial charge in [-0.05, 0) is 44.6 Å². The number of anilines is 2. The molecule has 0 spiro atoms. The molecular formula is C14H22N4O. The number of nitrogen functional groups attached to an aromatic ring is 1. The average molecular weight is 262 g/mol. The van der Waals surface area contributed by atoms with Gasteiger partial charge in [-0.1, -0.05) is 0 Å². The number of aromatic nitrogens is 1. The SMILES string of the molecule is CC(N)C1CCC(C(=O)Nc2ccnc(N)c2)CC1. The number of hydrogen-bond donors (Lipinski definition) is 3. The predicted octanol–water partition coefficient (Wildman–Crippen LogP) is 1.76. The molecule has 0 aromatic carbocycles. The van der Waals surface area contributed by atoms with Gasteiger partial charge in [-0.2, -0.15) is 0 Å². The van der Waals surface area contributed by atoms with E-state index in [1.54, 1.807) is 18.3 Å². The molecule has 5 nitrogen and oxygen atoms in total. The van der Waals surface area contributed by atoms with Crippen LogP contribution < -0.4 is 16.8 Å². The van der Waals surface area contributed by atoms with Gasteiger partial charge in [0.2, 0.25) is 5.91 Å². The third-order valence-electron chi connectivity index (χ3n) is 3.93. The van der Waals surface area contributed by atoms with Crippen LogP contribution in [0.5, 0.6) is 0 Å². The largest absolute Gasteiger partial charge is 0.384 e. The minimum absolute atomic E-state index is 0.0775. The number of hydrogen-bond acceptors (Lipinski definition) is 4. The van der Waals surface area contributed by atoms with Gasteiger partial charge in [0.05, 0.1) is 0 Å². The summed E-state index contributed by atoms with van der Waals surface area (Å²) < 4.78 is 0. The van der Waals surface area contributed by atoms with Gasteiger partial charge in [-0.15, -0.1) is 0 Å². The molecule has 1 aliphatic carbocycles. The molecule has 1 fully saturated rings. The Morgan fingerprint density at radius 2 is 2.11 bits per heavy atom. The summed E-state index contributed by atoms with van der Waals surface area (Å²) in [5.74, 6) is 1.14. The van der Waals surface area contributed by atoms with Crippen molar-refractivity contribution in [3.05, 3.63) is 18.3 Å². The highest BCUT2D eigenvalue weighted by Crippen LogP contribution is 2.31. The lowest BCUT2D eigenvalue weighted by Crippen LogP contribution is -2.33. The van der Waals surface area contributed by atoms with Crippen LogP contribution in [0.1, 0.15) is 32.6 Å². The maximum atomic E-state index is 12.2. The van der Waals surface area contributed by atoms with Crippen LogP contribution in [0.25, 0.3) is 0 Å². The first-order valence-electron chi connectivity index (χ1n) is 6.84. The zero-order valence-electron chi connectivity index (χ0n) is 11.3. The zero-order chi connectivity index (χ0) is 13.8. The van der Waals surface area contributed by atoms with Crippen molar-refractivity contribution in [1.29, 1.82) is 0 Å². The molecule has 5 heteroatoms. The van der Waals surface area contributed by atoms with Crippen molar-refractivity contribution in [3.63, 3.8) is 0 Å². The van der Waals surface area contributed by atoms with Crippen molar-refractivity contribution >= 4 is 17.4 Å². The minimum Gasteiger partial charge on any atom is -0.384 e. The molecule has 1 aliphatic rings. The van der Waals surface area contributed by atoms with Crippen molar-refractivity contribution in [2.75, 3.05) is 11.1 Å². The highest BCUT2D eigenvalue weighted by molar-refractivity contribution is 5.92. The first kappa shape index (κ1) is 13.8.